The Morgan fingerprint density at radius 3 is 2.67 bits per heavy atom. The summed E-state index contributed by atoms with van der Waals surface area (Å²) in [7, 11) is 0. The van der Waals surface area contributed by atoms with Gasteiger partial charge in [-0.05, 0) is 65.5 Å². The molecular formula is C21H19BrFN3O. The van der Waals surface area contributed by atoms with Crippen LogP contribution in [0.1, 0.15) is 29.6 Å². The SMILES string of the molecule is O=C(c1cnc2ccc(F)cc2c1Nc1ccccc1Br)N1CCCCC1. The number of likely N-dealkylation sites (tertiary alicyclic amines) is 1. The summed E-state index contributed by atoms with van der Waals surface area (Å²) in [5.41, 5.74) is 2.50. The maximum absolute atomic E-state index is 14.0. The molecule has 2 aromatic carbocycles. The minimum absolute atomic E-state index is 0.0667. The van der Waals surface area contributed by atoms with Crippen molar-refractivity contribution in [1.82, 2.24) is 9.88 Å². The Morgan fingerprint density at radius 2 is 1.89 bits per heavy atom. The van der Waals surface area contributed by atoms with Gasteiger partial charge in [0.2, 0.25) is 0 Å². The molecule has 3 aromatic rings. The normalized spacial score (nSPS) is 14.4. The van der Waals surface area contributed by atoms with Crippen molar-refractivity contribution in [1.29, 1.82) is 0 Å². The Hall–Kier alpha value is -2.47. The molecule has 0 radical (unpaired) electrons. The number of para-hydroxylation sites is 1. The average molecular weight is 428 g/mol. The number of carbonyl (C=O) groups excluding carboxylic acids is 1. The second-order valence-corrected chi connectivity index (χ2v) is 7.52. The van der Waals surface area contributed by atoms with E-state index in [1.807, 2.05) is 29.2 Å². The van der Waals surface area contributed by atoms with Gasteiger partial charge in [-0.15, -0.1) is 0 Å². The number of carbonyl (C=O) groups is 1. The van der Waals surface area contributed by atoms with Gasteiger partial charge in [-0.25, -0.2) is 4.39 Å². The largest absolute Gasteiger partial charge is 0.353 e. The standard InChI is InChI=1S/C21H19BrFN3O/c22-17-6-2-3-7-19(17)25-20-15-12-14(23)8-9-18(15)24-13-16(20)21(27)26-10-4-1-5-11-26/h2-3,6-9,12-13H,1,4-5,10-11H2,(H,24,25). The molecule has 1 N–H and O–H groups in total. The van der Waals surface area contributed by atoms with Crippen LogP contribution < -0.4 is 5.32 Å². The lowest BCUT2D eigenvalue weighted by Crippen LogP contribution is -2.36. The fraction of sp³-hybridized carbons (Fsp3) is 0.238. The topological polar surface area (TPSA) is 45.2 Å². The van der Waals surface area contributed by atoms with E-state index in [1.54, 1.807) is 12.3 Å². The van der Waals surface area contributed by atoms with E-state index in [9.17, 15) is 9.18 Å². The van der Waals surface area contributed by atoms with E-state index >= 15 is 0 Å². The highest BCUT2D eigenvalue weighted by atomic mass is 79.9. The van der Waals surface area contributed by atoms with Gasteiger partial charge in [-0.2, -0.15) is 0 Å². The van der Waals surface area contributed by atoms with Crippen LogP contribution in [-0.2, 0) is 0 Å². The quantitative estimate of drug-likeness (QED) is 0.599. The zero-order valence-corrected chi connectivity index (χ0v) is 16.3. The molecule has 0 unspecified atom stereocenters. The van der Waals surface area contributed by atoms with E-state index in [-0.39, 0.29) is 11.7 Å². The van der Waals surface area contributed by atoms with Crippen LogP contribution in [0.15, 0.2) is 53.1 Å². The van der Waals surface area contributed by atoms with E-state index < -0.39 is 0 Å². The predicted molar refractivity (Wildman–Crippen MR) is 109 cm³/mol. The Morgan fingerprint density at radius 1 is 1.11 bits per heavy atom. The van der Waals surface area contributed by atoms with Crippen LogP contribution in [0.5, 0.6) is 0 Å². The number of piperidine rings is 1. The number of nitrogens with zero attached hydrogens (tertiary/aromatic N) is 2. The molecule has 1 fully saturated rings. The van der Waals surface area contributed by atoms with Gasteiger partial charge < -0.3 is 10.2 Å². The highest BCUT2D eigenvalue weighted by molar-refractivity contribution is 9.10. The molecule has 0 bridgehead atoms. The van der Waals surface area contributed by atoms with Gasteiger partial charge in [0.25, 0.3) is 5.91 Å². The molecule has 0 saturated carbocycles. The lowest BCUT2D eigenvalue weighted by atomic mass is 10.1. The molecule has 138 valence electrons. The zero-order chi connectivity index (χ0) is 18.8. The van der Waals surface area contributed by atoms with Crippen molar-refractivity contribution < 1.29 is 9.18 Å². The Balaban J connectivity index is 1.85. The predicted octanol–water partition coefficient (Wildman–Crippen LogP) is 5.51. The summed E-state index contributed by atoms with van der Waals surface area (Å²) < 4.78 is 14.8. The van der Waals surface area contributed by atoms with Crippen LogP contribution in [0.25, 0.3) is 10.9 Å². The fourth-order valence-electron chi connectivity index (χ4n) is 3.43. The summed E-state index contributed by atoms with van der Waals surface area (Å²) in [5.74, 6) is -0.426. The third-order valence-electron chi connectivity index (χ3n) is 4.84. The number of pyridine rings is 1. The van der Waals surface area contributed by atoms with Crippen LogP contribution in [0.4, 0.5) is 15.8 Å². The van der Waals surface area contributed by atoms with Crippen molar-refractivity contribution in [3.63, 3.8) is 0 Å². The van der Waals surface area contributed by atoms with Gasteiger partial charge in [0.1, 0.15) is 5.82 Å². The van der Waals surface area contributed by atoms with Gasteiger partial charge in [0.15, 0.2) is 0 Å². The van der Waals surface area contributed by atoms with Crippen molar-refractivity contribution >= 4 is 44.1 Å². The van der Waals surface area contributed by atoms with Crippen molar-refractivity contribution in [2.75, 3.05) is 18.4 Å². The number of nitrogens with one attached hydrogen (secondary N) is 1. The molecule has 1 amide bonds. The first-order valence-electron chi connectivity index (χ1n) is 9.02. The molecule has 2 heterocycles. The molecule has 1 aliphatic heterocycles. The molecule has 4 nitrogen and oxygen atoms in total. The summed E-state index contributed by atoms with van der Waals surface area (Å²) in [6.45, 7) is 1.49. The molecule has 1 aromatic heterocycles. The number of hydrogen-bond donors (Lipinski definition) is 1. The molecule has 1 saturated heterocycles. The van der Waals surface area contributed by atoms with Crippen LogP contribution in [0.2, 0.25) is 0 Å². The second kappa shape index (κ2) is 7.64. The number of hydrogen-bond acceptors (Lipinski definition) is 3. The van der Waals surface area contributed by atoms with Gasteiger partial charge in [-0.3, -0.25) is 9.78 Å². The monoisotopic (exact) mass is 427 g/mol. The van der Waals surface area contributed by atoms with Crippen molar-refractivity contribution in [2.45, 2.75) is 19.3 Å². The highest BCUT2D eigenvalue weighted by Gasteiger charge is 2.23. The Kier molecular flexibility index (Phi) is 5.07. The van der Waals surface area contributed by atoms with Gasteiger partial charge in [-0.1, -0.05) is 12.1 Å². The first-order valence-corrected chi connectivity index (χ1v) is 9.82. The second-order valence-electron chi connectivity index (χ2n) is 6.67. The van der Waals surface area contributed by atoms with Gasteiger partial charge in [0, 0.05) is 29.1 Å². The summed E-state index contributed by atoms with van der Waals surface area (Å²) in [6.07, 6.45) is 4.76. The third-order valence-corrected chi connectivity index (χ3v) is 5.53. The zero-order valence-electron chi connectivity index (χ0n) is 14.7. The Labute approximate surface area is 165 Å². The van der Waals surface area contributed by atoms with E-state index in [0.717, 1.165) is 42.5 Å². The Bertz CT molecular complexity index is 1000. The average Bonchev–Trinajstić information content (AvgIpc) is 2.70. The molecule has 4 rings (SSSR count). The van der Waals surface area contributed by atoms with Crippen molar-refractivity contribution in [3.8, 4) is 0 Å². The lowest BCUT2D eigenvalue weighted by Gasteiger charge is -2.28. The number of halogens is 2. The van der Waals surface area contributed by atoms with Crippen LogP contribution in [0, 0.1) is 5.82 Å². The first-order chi connectivity index (χ1) is 13.1. The highest BCUT2D eigenvalue weighted by Crippen LogP contribution is 2.33. The number of rotatable bonds is 3. The molecular weight excluding hydrogens is 409 g/mol. The number of fused-ring (bicyclic) bond motifs is 1. The number of aromatic nitrogens is 1. The van der Waals surface area contributed by atoms with E-state index in [0.29, 0.717) is 22.2 Å². The number of amides is 1. The van der Waals surface area contributed by atoms with Gasteiger partial charge >= 0.3 is 0 Å². The molecule has 27 heavy (non-hydrogen) atoms. The molecule has 0 atom stereocenters. The number of anilines is 2. The van der Waals surface area contributed by atoms with Crippen LogP contribution in [-0.4, -0.2) is 28.9 Å². The maximum Gasteiger partial charge on any atom is 0.257 e. The smallest absolute Gasteiger partial charge is 0.257 e. The van der Waals surface area contributed by atoms with Crippen LogP contribution >= 0.6 is 15.9 Å². The van der Waals surface area contributed by atoms with Crippen LogP contribution in [0.3, 0.4) is 0 Å². The first kappa shape index (κ1) is 17.9. The third kappa shape index (κ3) is 3.67. The van der Waals surface area contributed by atoms with E-state index in [1.165, 1.54) is 12.1 Å². The molecule has 0 spiro atoms. The van der Waals surface area contributed by atoms with Crippen molar-refractivity contribution in [2.24, 2.45) is 0 Å². The van der Waals surface area contributed by atoms with E-state index in [2.05, 4.69) is 26.2 Å². The summed E-state index contributed by atoms with van der Waals surface area (Å²) in [5, 5.41) is 3.92. The summed E-state index contributed by atoms with van der Waals surface area (Å²) in [4.78, 5) is 19.4. The van der Waals surface area contributed by atoms with Gasteiger partial charge in [0.05, 0.1) is 22.5 Å². The number of benzene rings is 2. The minimum atomic E-state index is -0.359. The molecule has 0 aliphatic carbocycles. The molecule has 1 aliphatic rings. The molecule has 6 heteroatoms. The lowest BCUT2D eigenvalue weighted by molar-refractivity contribution is 0.0725. The van der Waals surface area contributed by atoms with E-state index in [4.69, 9.17) is 0 Å². The fourth-order valence-corrected chi connectivity index (χ4v) is 3.81. The van der Waals surface area contributed by atoms with Crippen molar-refractivity contribution in [3.05, 3.63) is 64.5 Å². The summed E-state index contributed by atoms with van der Waals surface area (Å²) in [6, 6.07) is 12.1. The maximum atomic E-state index is 14.0. The minimum Gasteiger partial charge on any atom is -0.353 e. The summed E-state index contributed by atoms with van der Waals surface area (Å²) >= 11 is 3.52.